The molecule has 1 saturated heterocycles. The molecule has 2 rings (SSSR count). The lowest BCUT2D eigenvalue weighted by molar-refractivity contribution is -0.119. The molecule has 0 spiro atoms. The molecule has 16 heavy (non-hydrogen) atoms. The first-order valence-corrected chi connectivity index (χ1v) is 4.96. The molecule has 6 nitrogen and oxygen atoms in total. The van der Waals surface area contributed by atoms with Crippen LogP contribution in [0.4, 0.5) is 16.2 Å². The molecule has 1 aromatic rings. The van der Waals surface area contributed by atoms with E-state index in [1.165, 1.54) is 0 Å². The standard InChI is InChI=1S/C9H12FN5O/c10-6-4-13-9(11)15-8(6)12-3-5-1-2-7(16)14-5/h4-5H,1-3H2,(H,14,16)(H3,11,12,13,15). The SMILES string of the molecule is Nc1ncc(F)c(NCC2CCC(=O)N2)n1. The summed E-state index contributed by atoms with van der Waals surface area (Å²) in [5.41, 5.74) is 5.33. The number of nitrogens with two attached hydrogens (primary N) is 1. The summed E-state index contributed by atoms with van der Waals surface area (Å²) < 4.78 is 13.2. The molecule has 86 valence electrons. The molecule has 1 atom stereocenters. The Morgan fingerprint density at radius 1 is 1.69 bits per heavy atom. The number of aromatic nitrogens is 2. The molecule has 1 unspecified atom stereocenters. The number of hydrogen-bond donors (Lipinski definition) is 3. The minimum absolute atomic E-state index is 0.0133. The quantitative estimate of drug-likeness (QED) is 0.667. The molecule has 1 aromatic heterocycles. The third-order valence-electron chi connectivity index (χ3n) is 2.36. The maximum absolute atomic E-state index is 13.2. The van der Waals surface area contributed by atoms with Crippen LogP contribution in [0.1, 0.15) is 12.8 Å². The summed E-state index contributed by atoms with van der Waals surface area (Å²) in [6, 6.07) is 0.0167. The van der Waals surface area contributed by atoms with Gasteiger partial charge in [-0.2, -0.15) is 4.98 Å². The van der Waals surface area contributed by atoms with Gasteiger partial charge in [-0.15, -0.1) is 0 Å². The third kappa shape index (κ3) is 2.36. The second-order valence-corrected chi connectivity index (χ2v) is 3.61. The van der Waals surface area contributed by atoms with Crippen molar-refractivity contribution in [3.63, 3.8) is 0 Å². The van der Waals surface area contributed by atoms with Crippen LogP contribution in [0.5, 0.6) is 0 Å². The van der Waals surface area contributed by atoms with Crippen LogP contribution < -0.4 is 16.4 Å². The maximum atomic E-state index is 13.2. The van der Waals surface area contributed by atoms with Gasteiger partial charge in [-0.3, -0.25) is 4.79 Å². The summed E-state index contributed by atoms with van der Waals surface area (Å²) in [7, 11) is 0. The average molecular weight is 225 g/mol. The zero-order valence-electron chi connectivity index (χ0n) is 8.53. The Kier molecular flexibility index (Phi) is 2.84. The van der Waals surface area contributed by atoms with E-state index < -0.39 is 5.82 Å². The highest BCUT2D eigenvalue weighted by molar-refractivity contribution is 5.78. The topological polar surface area (TPSA) is 92.9 Å². The molecular formula is C9H12FN5O. The molecule has 1 aliphatic heterocycles. The molecular weight excluding hydrogens is 213 g/mol. The van der Waals surface area contributed by atoms with Crippen LogP contribution in [-0.4, -0.2) is 28.5 Å². The summed E-state index contributed by atoms with van der Waals surface area (Å²) in [5.74, 6) is -0.457. The van der Waals surface area contributed by atoms with E-state index in [2.05, 4.69) is 20.6 Å². The highest BCUT2D eigenvalue weighted by Gasteiger charge is 2.20. The van der Waals surface area contributed by atoms with E-state index >= 15 is 0 Å². The van der Waals surface area contributed by atoms with Crippen molar-refractivity contribution in [2.75, 3.05) is 17.6 Å². The van der Waals surface area contributed by atoms with E-state index in [1.54, 1.807) is 0 Å². The Morgan fingerprint density at radius 3 is 3.19 bits per heavy atom. The van der Waals surface area contributed by atoms with Gasteiger partial charge < -0.3 is 16.4 Å². The largest absolute Gasteiger partial charge is 0.368 e. The van der Waals surface area contributed by atoms with E-state index in [-0.39, 0.29) is 23.7 Å². The molecule has 0 radical (unpaired) electrons. The van der Waals surface area contributed by atoms with Crippen molar-refractivity contribution in [3.05, 3.63) is 12.0 Å². The van der Waals surface area contributed by atoms with Crippen LogP contribution in [-0.2, 0) is 4.79 Å². The second-order valence-electron chi connectivity index (χ2n) is 3.61. The summed E-state index contributed by atoms with van der Waals surface area (Å²) in [6.07, 6.45) is 2.27. The van der Waals surface area contributed by atoms with Crippen molar-refractivity contribution < 1.29 is 9.18 Å². The van der Waals surface area contributed by atoms with Crippen molar-refractivity contribution in [3.8, 4) is 0 Å². The van der Waals surface area contributed by atoms with Crippen LogP contribution in [0, 0.1) is 5.82 Å². The van der Waals surface area contributed by atoms with Crippen molar-refractivity contribution in [1.82, 2.24) is 15.3 Å². The second kappa shape index (κ2) is 4.30. The molecule has 4 N–H and O–H groups in total. The predicted octanol–water partition coefficient (Wildman–Crippen LogP) is -0.112. The first-order valence-electron chi connectivity index (χ1n) is 4.96. The van der Waals surface area contributed by atoms with E-state index in [9.17, 15) is 9.18 Å². The predicted molar refractivity (Wildman–Crippen MR) is 56.1 cm³/mol. The molecule has 7 heteroatoms. The van der Waals surface area contributed by atoms with E-state index in [1.807, 2.05) is 0 Å². The summed E-state index contributed by atoms with van der Waals surface area (Å²) in [5, 5.41) is 5.56. The van der Waals surface area contributed by atoms with Gasteiger partial charge in [0.05, 0.1) is 6.20 Å². The number of rotatable bonds is 3. The molecule has 1 fully saturated rings. The zero-order chi connectivity index (χ0) is 11.5. The normalized spacial score (nSPS) is 19.6. The maximum Gasteiger partial charge on any atom is 0.222 e. The first-order chi connectivity index (χ1) is 7.65. The number of amides is 1. The Balaban J connectivity index is 1.94. The van der Waals surface area contributed by atoms with Gasteiger partial charge in [0.1, 0.15) is 0 Å². The zero-order valence-corrected chi connectivity index (χ0v) is 8.53. The highest BCUT2D eigenvalue weighted by Crippen LogP contribution is 2.12. The van der Waals surface area contributed by atoms with Gasteiger partial charge in [-0.05, 0) is 6.42 Å². The van der Waals surface area contributed by atoms with Gasteiger partial charge in [0, 0.05) is 19.0 Å². The molecule has 0 bridgehead atoms. The van der Waals surface area contributed by atoms with Crippen LogP contribution in [0.15, 0.2) is 6.20 Å². The highest BCUT2D eigenvalue weighted by atomic mass is 19.1. The number of nitrogens with zero attached hydrogens (tertiary/aromatic N) is 2. The summed E-state index contributed by atoms with van der Waals surface area (Å²) >= 11 is 0. The number of anilines is 2. The van der Waals surface area contributed by atoms with Gasteiger partial charge in [0.2, 0.25) is 11.9 Å². The van der Waals surface area contributed by atoms with Gasteiger partial charge >= 0.3 is 0 Å². The summed E-state index contributed by atoms with van der Waals surface area (Å²) in [6.45, 7) is 0.430. The smallest absolute Gasteiger partial charge is 0.222 e. The molecule has 2 heterocycles. The Morgan fingerprint density at radius 2 is 2.50 bits per heavy atom. The lowest BCUT2D eigenvalue weighted by atomic mass is 10.2. The molecule has 1 amide bonds. The molecule has 0 aliphatic carbocycles. The lowest BCUT2D eigenvalue weighted by Gasteiger charge is -2.12. The minimum Gasteiger partial charge on any atom is -0.368 e. The number of hydrogen-bond acceptors (Lipinski definition) is 5. The number of nitrogen functional groups attached to an aromatic ring is 1. The van der Waals surface area contributed by atoms with Crippen LogP contribution in [0.25, 0.3) is 0 Å². The number of carbonyl (C=O) groups is 1. The fourth-order valence-corrected chi connectivity index (χ4v) is 1.56. The minimum atomic E-state index is -0.557. The average Bonchev–Trinajstić information content (AvgIpc) is 2.66. The Bertz CT molecular complexity index is 411. The number of nitrogens with one attached hydrogen (secondary N) is 2. The molecule has 1 aliphatic rings. The van der Waals surface area contributed by atoms with Gasteiger partial charge in [-0.25, -0.2) is 9.37 Å². The van der Waals surface area contributed by atoms with Crippen molar-refractivity contribution in [1.29, 1.82) is 0 Å². The van der Waals surface area contributed by atoms with Crippen LogP contribution in [0.3, 0.4) is 0 Å². The summed E-state index contributed by atoms with van der Waals surface area (Å²) in [4.78, 5) is 18.2. The first kappa shape index (κ1) is 10.6. The Hall–Kier alpha value is -1.92. The van der Waals surface area contributed by atoms with E-state index in [4.69, 9.17) is 5.73 Å². The fraction of sp³-hybridized carbons (Fsp3) is 0.444. The van der Waals surface area contributed by atoms with Crippen molar-refractivity contribution in [2.24, 2.45) is 0 Å². The molecule has 0 aromatic carbocycles. The van der Waals surface area contributed by atoms with E-state index in [0.717, 1.165) is 12.6 Å². The van der Waals surface area contributed by atoms with Gasteiger partial charge in [0.15, 0.2) is 11.6 Å². The third-order valence-corrected chi connectivity index (χ3v) is 2.36. The monoisotopic (exact) mass is 225 g/mol. The van der Waals surface area contributed by atoms with Crippen LogP contribution in [0.2, 0.25) is 0 Å². The molecule has 0 saturated carbocycles. The number of carbonyl (C=O) groups excluding carboxylic acids is 1. The van der Waals surface area contributed by atoms with Gasteiger partial charge in [-0.1, -0.05) is 0 Å². The fourth-order valence-electron chi connectivity index (χ4n) is 1.56. The van der Waals surface area contributed by atoms with Crippen LogP contribution >= 0.6 is 0 Å². The van der Waals surface area contributed by atoms with Crippen molar-refractivity contribution >= 4 is 17.7 Å². The van der Waals surface area contributed by atoms with E-state index in [0.29, 0.717) is 13.0 Å². The van der Waals surface area contributed by atoms with Crippen molar-refractivity contribution in [2.45, 2.75) is 18.9 Å². The Labute approximate surface area is 91.5 Å². The van der Waals surface area contributed by atoms with Gasteiger partial charge in [0.25, 0.3) is 0 Å². The number of halogens is 1. The lowest BCUT2D eigenvalue weighted by Crippen LogP contribution is -2.32.